The van der Waals surface area contributed by atoms with Crippen molar-refractivity contribution >= 4 is 17.3 Å². The number of aliphatic hydroxyl groups excluding tert-OH is 1. The first-order valence-electron chi connectivity index (χ1n) is 6.93. The molecule has 1 aliphatic rings. The topological polar surface area (TPSA) is 75.8 Å². The molecule has 20 heavy (non-hydrogen) atoms. The molecule has 0 spiro atoms. The van der Waals surface area contributed by atoms with E-state index in [1.807, 2.05) is 13.0 Å². The van der Waals surface area contributed by atoms with Crippen LogP contribution < -0.4 is 10.6 Å². The van der Waals surface area contributed by atoms with E-state index < -0.39 is 0 Å². The zero-order valence-electron chi connectivity index (χ0n) is 12.0. The van der Waals surface area contributed by atoms with Gasteiger partial charge in [0.05, 0.1) is 24.5 Å². The Kier molecular flexibility index (Phi) is 4.49. The number of nitrogens with zero attached hydrogens (tertiary/aromatic N) is 1. The fourth-order valence-corrected chi connectivity index (χ4v) is 2.73. The highest BCUT2D eigenvalue weighted by molar-refractivity contribution is 5.97. The van der Waals surface area contributed by atoms with Crippen molar-refractivity contribution in [2.45, 2.75) is 25.9 Å². The highest BCUT2D eigenvalue weighted by atomic mass is 16.5. The highest BCUT2D eigenvalue weighted by Crippen LogP contribution is 2.29. The van der Waals surface area contributed by atoms with Crippen molar-refractivity contribution < 1.29 is 14.6 Å². The predicted molar refractivity (Wildman–Crippen MR) is 78.8 cm³/mol. The molecule has 1 fully saturated rings. The van der Waals surface area contributed by atoms with Crippen LogP contribution in [0.15, 0.2) is 18.2 Å². The Hall–Kier alpha value is -1.75. The summed E-state index contributed by atoms with van der Waals surface area (Å²) in [5.41, 5.74) is 7.66. The smallest absolute Gasteiger partial charge is 0.340 e. The monoisotopic (exact) mass is 278 g/mol. The van der Waals surface area contributed by atoms with Crippen molar-refractivity contribution in [3.05, 3.63) is 23.8 Å². The number of carbonyl (C=O) groups is 1. The van der Waals surface area contributed by atoms with Crippen molar-refractivity contribution in [2.75, 3.05) is 30.8 Å². The van der Waals surface area contributed by atoms with Crippen LogP contribution in [0.1, 0.15) is 30.1 Å². The number of rotatable bonds is 3. The molecule has 110 valence electrons. The molecule has 0 aromatic heterocycles. The van der Waals surface area contributed by atoms with Crippen LogP contribution in [0, 0.1) is 5.92 Å². The summed E-state index contributed by atoms with van der Waals surface area (Å²) >= 11 is 0. The standard InChI is InChI=1S/C15H22N2O3/c1-10(18)11-5-7-17(8-6-11)14-4-3-12(16)9-13(14)15(19)20-2/h3-4,9-11,18H,5-8,16H2,1-2H3. The molecule has 5 nitrogen and oxygen atoms in total. The normalized spacial score (nSPS) is 17.9. The molecular weight excluding hydrogens is 256 g/mol. The minimum atomic E-state index is -0.370. The predicted octanol–water partition coefficient (Wildman–Crippen LogP) is 1.65. The summed E-state index contributed by atoms with van der Waals surface area (Å²) < 4.78 is 4.82. The molecule has 0 saturated carbocycles. The maximum Gasteiger partial charge on any atom is 0.340 e. The van der Waals surface area contributed by atoms with Gasteiger partial charge in [0.25, 0.3) is 0 Å². The molecular formula is C15H22N2O3. The third-order valence-corrected chi connectivity index (χ3v) is 3.99. The fourth-order valence-electron chi connectivity index (χ4n) is 2.73. The molecule has 1 aromatic rings. The van der Waals surface area contributed by atoms with Crippen LogP contribution in [0.25, 0.3) is 0 Å². The number of methoxy groups -OCH3 is 1. The minimum Gasteiger partial charge on any atom is -0.465 e. The van der Waals surface area contributed by atoms with Gasteiger partial charge in [-0.25, -0.2) is 4.79 Å². The first-order chi connectivity index (χ1) is 9.52. The molecule has 3 N–H and O–H groups in total. The second kappa shape index (κ2) is 6.13. The van der Waals surface area contributed by atoms with Crippen LogP contribution >= 0.6 is 0 Å². The number of esters is 1. The van der Waals surface area contributed by atoms with Crippen molar-refractivity contribution in [1.82, 2.24) is 0 Å². The van der Waals surface area contributed by atoms with E-state index in [2.05, 4.69) is 4.90 Å². The van der Waals surface area contributed by atoms with Crippen LogP contribution in [0.2, 0.25) is 0 Å². The molecule has 0 amide bonds. The van der Waals surface area contributed by atoms with Gasteiger partial charge >= 0.3 is 5.97 Å². The summed E-state index contributed by atoms with van der Waals surface area (Å²) in [4.78, 5) is 14.0. The van der Waals surface area contributed by atoms with Gasteiger partial charge in [0, 0.05) is 18.8 Å². The maximum atomic E-state index is 11.9. The molecule has 0 aliphatic carbocycles. The zero-order chi connectivity index (χ0) is 14.7. The maximum absolute atomic E-state index is 11.9. The number of nitrogen functional groups attached to an aromatic ring is 1. The van der Waals surface area contributed by atoms with E-state index in [1.54, 1.807) is 12.1 Å². The van der Waals surface area contributed by atoms with E-state index in [0.29, 0.717) is 17.2 Å². The first-order valence-corrected chi connectivity index (χ1v) is 6.93. The summed E-state index contributed by atoms with van der Waals surface area (Å²) in [6.07, 6.45) is 1.56. The minimum absolute atomic E-state index is 0.274. The Balaban J connectivity index is 2.19. The summed E-state index contributed by atoms with van der Waals surface area (Å²) in [6.45, 7) is 3.48. The lowest BCUT2D eigenvalue weighted by atomic mass is 9.91. The van der Waals surface area contributed by atoms with Gasteiger partial charge in [0.2, 0.25) is 0 Å². The van der Waals surface area contributed by atoms with Gasteiger partial charge in [-0.1, -0.05) is 0 Å². The second-order valence-corrected chi connectivity index (χ2v) is 5.33. The SMILES string of the molecule is COC(=O)c1cc(N)ccc1N1CCC(C(C)O)CC1. The van der Waals surface area contributed by atoms with E-state index in [1.165, 1.54) is 7.11 Å². The van der Waals surface area contributed by atoms with Gasteiger partial charge in [0.15, 0.2) is 0 Å². The molecule has 1 unspecified atom stereocenters. The van der Waals surface area contributed by atoms with E-state index >= 15 is 0 Å². The van der Waals surface area contributed by atoms with Gasteiger partial charge in [-0.05, 0) is 43.9 Å². The number of hydrogen-bond donors (Lipinski definition) is 2. The lowest BCUT2D eigenvalue weighted by Gasteiger charge is -2.35. The van der Waals surface area contributed by atoms with Crippen molar-refractivity contribution in [2.24, 2.45) is 5.92 Å². The van der Waals surface area contributed by atoms with Crippen LogP contribution in [-0.2, 0) is 4.74 Å². The number of aliphatic hydroxyl groups is 1. The van der Waals surface area contributed by atoms with Gasteiger partial charge < -0.3 is 20.5 Å². The molecule has 0 radical (unpaired) electrons. The van der Waals surface area contributed by atoms with Crippen LogP contribution in [0.3, 0.4) is 0 Å². The van der Waals surface area contributed by atoms with E-state index in [4.69, 9.17) is 10.5 Å². The van der Waals surface area contributed by atoms with Crippen molar-refractivity contribution in [3.8, 4) is 0 Å². The lowest BCUT2D eigenvalue weighted by molar-refractivity contribution is 0.0601. The Bertz CT molecular complexity index is 480. The summed E-state index contributed by atoms with van der Waals surface area (Å²) in [7, 11) is 1.37. The average molecular weight is 278 g/mol. The second-order valence-electron chi connectivity index (χ2n) is 5.33. The van der Waals surface area contributed by atoms with E-state index in [-0.39, 0.29) is 12.1 Å². The molecule has 1 saturated heterocycles. The Morgan fingerprint density at radius 1 is 1.45 bits per heavy atom. The van der Waals surface area contributed by atoms with Crippen LogP contribution in [0.4, 0.5) is 11.4 Å². The zero-order valence-corrected chi connectivity index (χ0v) is 12.0. The van der Waals surface area contributed by atoms with Crippen LogP contribution in [0.5, 0.6) is 0 Å². The third kappa shape index (κ3) is 3.04. The Morgan fingerprint density at radius 3 is 2.65 bits per heavy atom. The van der Waals surface area contributed by atoms with Crippen LogP contribution in [-0.4, -0.2) is 37.4 Å². The number of anilines is 2. The Labute approximate surface area is 119 Å². The van der Waals surface area contributed by atoms with Gasteiger partial charge in [-0.3, -0.25) is 0 Å². The average Bonchev–Trinajstić information content (AvgIpc) is 2.46. The highest BCUT2D eigenvalue weighted by Gasteiger charge is 2.25. The van der Waals surface area contributed by atoms with Gasteiger partial charge in [-0.2, -0.15) is 0 Å². The lowest BCUT2D eigenvalue weighted by Crippen LogP contribution is -2.37. The van der Waals surface area contributed by atoms with E-state index in [0.717, 1.165) is 31.6 Å². The number of ether oxygens (including phenoxy) is 1. The number of hydrogen-bond acceptors (Lipinski definition) is 5. The third-order valence-electron chi connectivity index (χ3n) is 3.99. The largest absolute Gasteiger partial charge is 0.465 e. The molecule has 0 bridgehead atoms. The molecule has 5 heteroatoms. The summed E-state index contributed by atoms with van der Waals surface area (Å²) in [5, 5.41) is 9.64. The quantitative estimate of drug-likeness (QED) is 0.649. The summed E-state index contributed by atoms with van der Waals surface area (Å²) in [5.74, 6) is -0.0356. The number of piperidine rings is 1. The first kappa shape index (κ1) is 14.7. The number of nitrogens with two attached hydrogens (primary N) is 1. The molecule has 1 aliphatic heterocycles. The number of carbonyl (C=O) groups excluding carboxylic acids is 1. The molecule has 1 atom stereocenters. The van der Waals surface area contributed by atoms with Gasteiger partial charge in [-0.15, -0.1) is 0 Å². The molecule has 2 rings (SSSR count). The fraction of sp³-hybridized carbons (Fsp3) is 0.533. The summed E-state index contributed by atoms with van der Waals surface area (Å²) in [6, 6.07) is 5.31. The van der Waals surface area contributed by atoms with Gasteiger partial charge in [0.1, 0.15) is 0 Å². The van der Waals surface area contributed by atoms with Crippen molar-refractivity contribution in [3.63, 3.8) is 0 Å². The van der Waals surface area contributed by atoms with Crippen molar-refractivity contribution in [1.29, 1.82) is 0 Å². The number of benzene rings is 1. The molecule has 1 heterocycles. The Morgan fingerprint density at radius 2 is 2.10 bits per heavy atom. The van der Waals surface area contributed by atoms with E-state index in [9.17, 15) is 9.90 Å². The molecule has 1 aromatic carbocycles.